The summed E-state index contributed by atoms with van der Waals surface area (Å²) in [6, 6.07) is 23.9. The zero-order chi connectivity index (χ0) is 22.6. The van der Waals surface area contributed by atoms with E-state index in [2.05, 4.69) is 59.7 Å². The average molecular weight is 417 g/mol. The Hall–Kier alpha value is -3.07. The Morgan fingerprint density at radius 3 is 1.94 bits per heavy atom. The van der Waals surface area contributed by atoms with Crippen LogP contribution in [-0.2, 0) is 15.6 Å². The van der Waals surface area contributed by atoms with E-state index in [0.717, 1.165) is 16.7 Å². The zero-order valence-electron chi connectivity index (χ0n) is 19.4. The van der Waals surface area contributed by atoms with Crippen molar-refractivity contribution >= 4 is 5.97 Å². The maximum atomic E-state index is 12.5. The molecule has 0 fully saturated rings. The van der Waals surface area contributed by atoms with E-state index in [1.807, 2.05) is 54.6 Å². The van der Waals surface area contributed by atoms with E-state index < -0.39 is 5.97 Å². The molecule has 0 aliphatic heterocycles. The first kappa shape index (κ1) is 22.6. The molecule has 0 radical (unpaired) electrons. The number of carbonyl (C=O) groups is 1. The van der Waals surface area contributed by atoms with Crippen LogP contribution < -0.4 is 9.47 Å². The highest BCUT2D eigenvalue weighted by molar-refractivity contribution is 5.74. The molecule has 3 heteroatoms. The van der Waals surface area contributed by atoms with Crippen LogP contribution in [0, 0.1) is 0 Å². The number of rotatable bonds is 5. The van der Waals surface area contributed by atoms with Gasteiger partial charge in [-0.25, -0.2) is 4.79 Å². The van der Waals surface area contributed by atoms with E-state index in [4.69, 9.17) is 9.47 Å². The molecule has 0 bridgehead atoms. The first-order valence-corrected chi connectivity index (χ1v) is 10.7. The number of benzene rings is 3. The Morgan fingerprint density at radius 1 is 0.742 bits per heavy atom. The van der Waals surface area contributed by atoms with E-state index in [0.29, 0.717) is 11.5 Å². The molecule has 0 aliphatic carbocycles. The van der Waals surface area contributed by atoms with Gasteiger partial charge >= 0.3 is 5.97 Å². The molecule has 0 amide bonds. The summed E-state index contributed by atoms with van der Waals surface area (Å²) in [5.74, 6) is 0.811. The van der Waals surface area contributed by atoms with Gasteiger partial charge in [0, 0.05) is 5.56 Å². The first-order valence-electron chi connectivity index (χ1n) is 10.7. The second-order valence-corrected chi connectivity index (χ2v) is 9.86. The van der Waals surface area contributed by atoms with Crippen molar-refractivity contribution < 1.29 is 14.3 Å². The molecule has 0 aliphatic rings. The van der Waals surface area contributed by atoms with Gasteiger partial charge in [0.1, 0.15) is 11.5 Å². The molecule has 0 spiro atoms. The van der Waals surface area contributed by atoms with Crippen LogP contribution in [0.25, 0.3) is 11.1 Å². The van der Waals surface area contributed by atoms with Crippen molar-refractivity contribution in [2.75, 3.05) is 6.61 Å². The molecule has 3 rings (SSSR count). The second kappa shape index (κ2) is 8.97. The molecular formula is C28H32O3. The largest absolute Gasteiger partial charge is 0.482 e. The quantitative estimate of drug-likeness (QED) is 0.334. The van der Waals surface area contributed by atoms with Gasteiger partial charge in [0.25, 0.3) is 0 Å². The van der Waals surface area contributed by atoms with Gasteiger partial charge in [-0.15, -0.1) is 0 Å². The predicted octanol–water partition coefficient (Wildman–Crippen LogP) is 6.93. The summed E-state index contributed by atoms with van der Waals surface area (Å²) < 4.78 is 11.4. The minimum Gasteiger partial charge on any atom is -0.482 e. The highest BCUT2D eigenvalue weighted by Crippen LogP contribution is 2.35. The normalized spacial score (nSPS) is 11.8. The van der Waals surface area contributed by atoms with Gasteiger partial charge in [0.15, 0.2) is 6.61 Å². The van der Waals surface area contributed by atoms with Crippen LogP contribution >= 0.6 is 0 Å². The molecule has 31 heavy (non-hydrogen) atoms. The molecule has 0 unspecified atom stereocenters. The predicted molar refractivity (Wildman–Crippen MR) is 127 cm³/mol. The summed E-state index contributed by atoms with van der Waals surface area (Å²) in [4.78, 5) is 12.5. The Kier molecular flexibility index (Phi) is 6.54. The number of carbonyl (C=O) groups excluding carboxylic acids is 1. The average Bonchev–Trinajstić information content (AvgIpc) is 2.72. The zero-order valence-corrected chi connectivity index (χ0v) is 19.4. The lowest BCUT2D eigenvalue weighted by molar-refractivity contribution is -0.136. The van der Waals surface area contributed by atoms with Crippen molar-refractivity contribution in [2.24, 2.45) is 0 Å². The molecule has 162 valence electrons. The van der Waals surface area contributed by atoms with Gasteiger partial charge in [-0.05, 0) is 45.7 Å². The van der Waals surface area contributed by atoms with Crippen LogP contribution in [0.4, 0.5) is 0 Å². The van der Waals surface area contributed by atoms with Crippen LogP contribution in [0.5, 0.6) is 11.5 Å². The van der Waals surface area contributed by atoms with Crippen molar-refractivity contribution in [1.29, 1.82) is 0 Å². The lowest BCUT2D eigenvalue weighted by Gasteiger charge is -2.26. The Morgan fingerprint density at radius 2 is 1.35 bits per heavy atom. The third-order valence-corrected chi connectivity index (χ3v) is 5.20. The fraction of sp³-hybridized carbons (Fsp3) is 0.321. The molecule has 3 aromatic rings. The second-order valence-electron chi connectivity index (χ2n) is 9.86. The van der Waals surface area contributed by atoms with Crippen LogP contribution in [-0.4, -0.2) is 12.6 Å². The van der Waals surface area contributed by atoms with Crippen LogP contribution in [0.1, 0.15) is 52.7 Å². The van der Waals surface area contributed by atoms with Gasteiger partial charge < -0.3 is 9.47 Å². The molecule has 0 atom stereocenters. The Balaban J connectivity index is 1.67. The van der Waals surface area contributed by atoms with E-state index in [1.54, 1.807) is 0 Å². The van der Waals surface area contributed by atoms with Crippen molar-refractivity contribution in [2.45, 2.75) is 52.4 Å². The van der Waals surface area contributed by atoms with Gasteiger partial charge in [-0.2, -0.15) is 0 Å². The molecule has 0 N–H and O–H groups in total. The van der Waals surface area contributed by atoms with Crippen LogP contribution in [0.3, 0.4) is 0 Å². The lowest BCUT2D eigenvalue weighted by Crippen LogP contribution is -2.22. The number of hydrogen-bond donors (Lipinski definition) is 0. The monoisotopic (exact) mass is 416 g/mol. The van der Waals surface area contributed by atoms with Crippen LogP contribution in [0.2, 0.25) is 0 Å². The molecular weight excluding hydrogens is 384 g/mol. The third-order valence-electron chi connectivity index (χ3n) is 5.20. The summed E-state index contributed by atoms with van der Waals surface area (Å²) in [7, 11) is 0. The minimum absolute atomic E-state index is 0.0254. The van der Waals surface area contributed by atoms with Crippen LogP contribution in [0.15, 0.2) is 72.8 Å². The number of hydrogen-bond acceptors (Lipinski definition) is 3. The van der Waals surface area contributed by atoms with Crippen molar-refractivity contribution in [3.63, 3.8) is 0 Å². The first-order chi connectivity index (χ1) is 14.5. The summed E-state index contributed by atoms with van der Waals surface area (Å²) in [6.07, 6.45) is 0. The van der Waals surface area contributed by atoms with E-state index >= 15 is 0 Å². The number of esters is 1. The van der Waals surface area contributed by atoms with E-state index in [9.17, 15) is 4.79 Å². The van der Waals surface area contributed by atoms with Gasteiger partial charge in [-0.3, -0.25) is 0 Å². The van der Waals surface area contributed by atoms with Crippen molar-refractivity contribution in [1.82, 2.24) is 0 Å². The molecule has 0 heterocycles. The van der Waals surface area contributed by atoms with Gasteiger partial charge in [-0.1, -0.05) is 96.1 Å². The summed E-state index contributed by atoms with van der Waals surface area (Å²) in [5.41, 5.74) is 4.35. The fourth-order valence-electron chi connectivity index (χ4n) is 3.34. The van der Waals surface area contributed by atoms with Crippen molar-refractivity contribution in [3.8, 4) is 22.6 Å². The highest BCUT2D eigenvalue weighted by atomic mass is 16.6. The molecule has 3 nitrogen and oxygen atoms in total. The maximum Gasteiger partial charge on any atom is 0.349 e. The SMILES string of the molecule is CC(C)(C)c1ccc(OC(=O)COc2ccc(-c3ccccc3)cc2)c(C(C)(C)C)c1. The standard InChI is InChI=1S/C28H32O3/c1-27(2,3)22-14-17-25(24(18-22)28(4,5)6)31-26(29)19-30-23-15-12-21(13-16-23)20-10-8-7-9-11-20/h7-18H,19H2,1-6H3. The molecule has 3 aromatic carbocycles. The fourth-order valence-corrected chi connectivity index (χ4v) is 3.34. The maximum absolute atomic E-state index is 12.5. The van der Waals surface area contributed by atoms with Gasteiger partial charge in [0.2, 0.25) is 0 Å². The minimum atomic E-state index is -0.416. The molecule has 0 aromatic heterocycles. The number of ether oxygens (including phenoxy) is 2. The Labute approximate surface area is 186 Å². The topological polar surface area (TPSA) is 35.5 Å². The summed E-state index contributed by atoms with van der Waals surface area (Å²) >= 11 is 0. The van der Waals surface area contributed by atoms with E-state index in [1.165, 1.54) is 5.56 Å². The Bertz CT molecular complexity index is 1020. The summed E-state index contributed by atoms with van der Waals surface area (Å²) in [5, 5.41) is 0. The highest BCUT2D eigenvalue weighted by Gasteiger charge is 2.24. The van der Waals surface area contributed by atoms with Crippen molar-refractivity contribution in [3.05, 3.63) is 83.9 Å². The summed E-state index contributed by atoms with van der Waals surface area (Å²) in [6.45, 7) is 12.8. The molecule has 0 saturated heterocycles. The van der Waals surface area contributed by atoms with E-state index in [-0.39, 0.29) is 17.4 Å². The lowest BCUT2D eigenvalue weighted by atomic mass is 9.80. The third kappa shape index (κ3) is 5.97. The van der Waals surface area contributed by atoms with Gasteiger partial charge in [0.05, 0.1) is 0 Å². The molecule has 0 saturated carbocycles. The smallest absolute Gasteiger partial charge is 0.349 e.